The summed E-state index contributed by atoms with van der Waals surface area (Å²) in [6.07, 6.45) is 8.39. The molecule has 0 bridgehead atoms. The number of rotatable bonds is 7. The van der Waals surface area contributed by atoms with E-state index in [0.29, 0.717) is 5.41 Å². The van der Waals surface area contributed by atoms with Gasteiger partial charge in [0.05, 0.1) is 0 Å². The first kappa shape index (κ1) is 13.3. The summed E-state index contributed by atoms with van der Waals surface area (Å²) in [5, 5.41) is 0. The third-order valence-corrected chi connectivity index (χ3v) is 4.56. The Kier molecular flexibility index (Phi) is 4.21. The molecule has 1 saturated carbocycles. The standard InChI is InChI=1S/C17H24O/c1-3-17(10-11-17)9-8-16(13-18)12-15-6-4-14(2)5-7-15/h4-7,13,16H,3,8-12H2,1-2H3. The van der Waals surface area contributed by atoms with E-state index in [9.17, 15) is 4.79 Å². The molecule has 1 atom stereocenters. The molecule has 1 aliphatic rings. The van der Waals surface area contributed by atoms with Crippen molar-refractivity contribution < 1.29 is 4.79 Å². The van der Waals surface area contributed by atoms with Crippen LogP contribution >= 0.6 is 0 Å². The summed E-state index contributed by atoms with van der Waals surface area (Å²) in [7, 11) is 0. The van der Waals surface area contributed by atoms with Crippen LogP contribution < -0.4 is 0 Å². The molecule has 2 rings (SSSR count). The van der Waals surface area contributed by atoms with Gasteiger partial charge in [0.2, 0.25) is 0 Å². The van der Waals surface area contributed by atoms with Crippen molar-refractivity contribution in [2.24, 2.45) is 11.3 Å². The lowest BCUT2D eigenvalue weighted by molar-refractivity contribution is -0.111. The normalized spacial score (nSPS) is 18.3. The van der Waals surface area contributed by atoms with Crippen LogP contribution in [-0.2, 0) is 11.2 Å². The minimum atomic E-state index is 0.205. The van der Waals surface area contributed by atoms with E-state index in [1.807, 2.05) is 0 Å². The van der Waals surface area contributed by atoms with Crippen LogP contribution in [-0.4, -0.2) is 6.29 Å². The quantitative estimate of drug-likeness (QED) is 0.653. The van der Waals surface area contributed by atoms with Gasteiger partial charge < -0.3 is 4.79 Å². The number of carbonyl (C=O) groups is 1. The van der Waals surface area contributed by atoms with Crippen molar-refractivity contribution in [2.45, 2.75) is 52.4 Å². The van der Waals surface area contributed by atoms with Crippen molar-refractivity contribution in [3.8, 4) is 0 Å². The van der Waals surface area contributed by atoms with Crippen molar-refractivity contribution in [1.82, 2.24) is 0 Å². The van der Waals surface area contributed by atoms with Gasteiger partial charge in [-0.05, 0) is 50.0 Å². The van der Waals surface area contributed by atoms with Gasteiger partial charge in [0.25, 0.3) is 0 Å². The van der Waals surface area contributed by atoms with E-state index in [1.54, 1.807) is 0 Å². The zero-order chi connectivity index (χ0) is 13.0. The summed E-state index contributed by atoms with van der Waals surface area (Å²) in [6, 6.07) is 8.56. The van der Waals surface area contributed by atoms with Crippen molar-refractivity contribution in [3.63, 3.8) is 0 Å². The first-order valence-corrected chi connectivity index (χ1v) is 7.18. The summed E-state index contributed by atoms with van der Waals surface area (Å²) in [5.41, 5.74) is 3.18. The molecule has 1 aliphatic carbocycles. The van der Waals surface area contributed by atoms with Gasteiger partial charge in [0, 0.05) is 5.92 Å². The molecule has 18 heavy (non-hydrogen) atoms. The molecular weight excluding hydrogens is 220 g/mol. The molecule has 0 saturated heterocycles. The maximum Gasteiger partial charge on any atom is 0.123 e. The average molecular weight is 244 g/mol. The van der Waals surface area contributed by atoms with Crippen LogP contribution in [0.2, 0.25) is 0 Å². The first-order valence-electron chi connectivity index (χ1n) is 7.18. The van der Waals surface area contributed by atoms with Crippen molar-refractivity contribution in [3.05, 3.63) is 35.4 Å². The first-order chi connectivity index (χ1) is 8.67. The summed E-state index contributed by atoms with van der Waals surface area (Å²) < 4.78 is 0. The van der Waals surface area contributed by atoms with Gasteiger partial charge in [-0.15, -0.1) is 0 Å². The Bertz CT molecular complexity index is 387. The molecule has 1 unspecified atom stereocenters. The van der Waals surface area contributed by atoms with Gasteiger partial charge in [-0.25, -0.2) is 0 Å². The lowest BCUT2D eigenvalue weighted by Gasteiger charge is -2.16. The Morgan fingerprint density at radius 1 is 1.28 bits per heavy atom. The van der Waals surface area contributed by atoms with Crippen LogP contribution in [0.15, 0.2) is 24.3 Å². The predicted octanol–water partition coefficient (Wildman–Crippen LogP) is 4.32. The fourth-order valence-electron chi connectivity index (χ4n) is 2.69. The van der Waals surface area contributed by atoms with Crippen LogP contribution in [0.25, 0.3) is 0 Å². The van der Waals surface area contributed by atoms with E-state index >= 15 is 0 Å². The Hall–Kier alpha value is -1.11. The minimum Gasteiger partial charge on any atom is -0.303 e. The molecule has 0 N–H and O–H groups in total. The summed E-state index contributed by atoms with van der Waals surface area (Å²) in [5.74, 6) is 0.205. The molecule has 0 heterocycles. The zero-order valence-electron chi connectivity index (χ0n) is 11.6. The second-order valence-electron chi connectivity index (χ2n) is 5.98. The van der Waals surface area contributed by atoms with Crippen LogP contribution in [0.5, 0.6) is 0 Å². The van der Waals surface area contributed by atoms with Crippen molar-refractivity contribution in [2.75, 3.05) is 0 Å². The molecule has 0 spiro atoms. The molecule has 0 aromatic heterocycles. The van der Waals surface area contributed by atoms with Gasteiger partial charge in [0.15, 0.2) is 0 Å². The minimum absolute atomic E-state index is 0.205. The number of carbonyl (C=O) groups excluding carboxylic acids is 1. The van der Waals surface area contributed by atoms with E-state index in [0.717, 1.165) is 19.1 Å². The highest BCUT2D eigenvalue weighted by Gasteiger charge is 2.40. The second-order valence-corrected chi connectivity index (χ2v) is 5.98. The topological polar surface area (TPSA) is 17.1 Å². The monoisotopic (exact) mass is 244 g/mol. The number of aryl methyl sites for hydroxylation is 1. The Morgan fingerprint density at radius 3 is 2.44 bits per heavy atom. The zero-order valence-corrected chi connectivity index (χ0v) is 11.6. The Balaban J connectivity index is 1.85. The summed E-state index contributed by atoms with van der Waals surface area (Å²) in [4.78, 5) is 11.2. The molecule has 1 heteroatoms. The molecule has 0 amide bonds. The predicted molar refractivity (Wildman–Crippen MR) is 75.6 cm³/mol. The smallest absolute Gasteiger partial charge is 0.123 e. The molecule has 98 valence electrons. The Morgan fingerprint density at radius 2 is 1.94 bits per heavy atom. The summed E-state index contributed by atoms with van der Waals surface area (Å²) in [6.45, 7) is 4.38. The highest BCUT2D eigenvalue weighted by Crippen LogP contribution is 2.52. The SMILES string of the molecule is CCC1(CCC(C=O)Cc2ccc(C)cc2)CC1. The van der Waals surface area contributed by atoms with Gasteiger partial charge in [0.1, 0.15) is 6.29 Å². The molecule has 0 radical (unpaired) electrons. The van der Waals surface area contributed by atoms with Crippen LogP contribution in [0.1, 0.15) is 50.2 Å². The Labute approximate surface area is 111 Å². The largest absolute Gasteiger partial charge is 0.303 e. The number of aldehydes is 1. The molecule has 1 aromatic carbocycles. The lowest BCUT2D eigenvalue weighted by atomic mass is 9.89. The number of hydrogen-bond donors (Lipinski definition) is 0. The van der Waals surface area contributed by atoms with Crippen LogP contribution in [0.3, 0.4) is 0 Å². The fraction of sp³-hybridized carbons (Fsp3) is 0.588. The fourth-order valence-corrected chi connectivity index (χ4v) is 2.69. The van der Waals surface area contributed by atoms with Crippen LogP contribution in [0.4, 0.5) is 0 Å². The maximum atomic E-state index is 11.2. The number of hydrogen-bond acceptors (Lipinski definition) is 1. The maximum absolute atomic E-state index is 11.2. The van der Waals surface area contributed by atoms with E-state index in [2.05, 4.69) is 38.1 Å². The van der Waals surface area contributed by atoms with E-state index in [1.165, 1.54) is 36.8 Å². The third-order valence-electron chi connectivity index (χ3n) is 4.56. The van der Waals surface area contributed by atoms with E-state index < -0.39 is 0 Å². The average Bonchev–Trinajstić information content (AvgIpc) is 3.17. The van der Waals surface area contributed by atoms with Gasteiger partial charge >= 0.3 is 0 Å². The number of benzene rings is 1. The van der Waals surface area contributed by atoms with Crippen LogP contribution in [0, 0.1) is 18.3 Å². The lowest BCUT2D eigenvalue weighted by Crippen LogP contribution is -2.09. The molecular formula is C17H24O. The van der Waals surface area contributed by atoms with Gasteiger partial charge in [-0.3, -0.25) is 0 Å². The highest BCUT2D eigenvalue weighted by molar-refractivity contribution is 5.54. The van der Waals surface area contributed by atoms with Gasteiger partial charge in [-0.2, -0.15) is 0 Å². The van der Waals surface area contributed by atoms with E-state index in [-0.39, 0.29) is 5.92 Å². The molecule has 0 aliphatic heterocycles. The third kappa shape index (κ3) is 3.44. The van der Waals surface area contributed by atoms with Gasteiger partial charge in [-0.1, -0.05) is 43.2 Å². The second kappa shape index (κ2) is 5.69. The highest BCUT2D eigenvalue weighted by atomic mass is 16.1. The van der Waals surface area contributed by atoms with Crippen molar-refractivity contribution in [1.29, 1.82) is 0 Å². The van der Waals surface area contributed by atoms with Crippen molar-refractivity contribution >= 4 is 6.29 Å². The molecule has 1 aromatic rings. The van der Waals surface area contributed by atoms with E-state index in [4.69, 9.17) is 0 Å². The molecule has 1 fully saturated rings. The molecule has 1 nitrogen and oxygen atoms in total. The summed E-state index contributed by atoms with van der Waals surface area (Å²) >= 11 is 0.